The zero-order chi connectivity index (χ0) is 19.2. The van der Waals surface area contributed by atoms with Crippen LogP contribution in [0.4, 0.5) is 0 Å². The van der Waals surface area contributed by atoms with Crippen LogP contribution in [0.25, 0.3) is 0 Å². The van der Waals surface area contributed by atoms with Gasteiger partial charge in [-0.15, -0.1) is 6.58 Å². The van der Waals surface area contributed by atoms with Crippen molar-refractivity contribution in [3.05, 3.63) is 107 Å². The van der Waals surface area contributed by atoms with Gasteiger partial charge >= 0.3 is 0 Å². The van der Waals surface area contributed by atoms with Crippen LogP contribution in [0.5, 0.6) is 0 Å². The first-order chi connectivity index (χ1) is 13.1. The van der Waals surface area contributed by atoms with Crippen molar-refractivity contribution in [3.63, 3.8) is 0 Å². The first-order valence-electron chi connectivity index (χ1n) is 8.93. The molecule has 3 aromatic rings. The van der Waals surface area contributed by atoms with E-state index in [0.29, 0.717) is 23.7 Å². The van der Waals surface area contributed by atoms with Gasteiger partial charge in [0.1, 0.15) is 0 Å². The molecule has 138 valence electrons. The molecule has 2 aromatic carbocycles. The third kappa shape index (κ3) is 4.50. The molecule has 0 aliphatic heterocycles. The van der Waals surface area contributed by atoms with Crippen LogP contribution in [0.2, 0.25) is 5.02 Å². The number of nitrogens with zero attached hydrogens (tertiary/aromatic N) is 2. The summed E-state index contributed by atoms with van der Waals surface area (Å²) in [5.41, 5.74) is 4.11. The van der Waals surface area contributed by atoms with E-state index in [2.05, 4.69) is 36.3 Å². The minimum absolute atomic E-state index is 0.0934. The standard InChI is InChI=1S/C23H23ClN2O/c1-3-14-26(23(27)21-12-6-7-13-22(21)24)17-20-11-8-15-25(20)16-19-10-5-4-9-18(19)2/h3-13,15H,1,14,16-17H2,2H3. The van der Waals surface area contributed by atoms with Crippen molar-refractivity contribution in [2.45, 2.75) is 20.0 Å². The summed E-state index contributed by atoms with van der Waals surface area (Å²) in [5, 5.41) is 0.465. The summed E-state index contributed by atoms with van der Waals surface area (Å²) in [6, 6.07) is 19.6. The summed E-state index contributed by atoms with van der Waals surface area (Å²) in [6.07, 6.45) is 3.79. The third-order valence-corrected chi connectivity index (χ3v) is 4.95. The van der Waals surface area contributed by atoms with Crippen LogP contribution in [-0.2, 0) is 13.1 Å². The monoisotopic (exact) mass is 378 g/mol. The summed E-state index contributed by atoms with van der Waals surface area (Å²) in [5.74, 6) is -0.0934. The molecule has 4 heteroatoms. The molecular weight excluding hydrogens is 356 g/mol. The maximum atomic E-state index is 13.0. The molecule has 0 spiro atoms. The first-order valence-corrected chi connectivity index (χ1v) is 9.31. The van der Waals surface area contributed by atoms with Gasteiger partial charge in [-0.25, -0.2) is 0 Å². The van der Waals surface area contributed by atoms with E-state index in [0.717, 1.165) is 12.2 Å². The number of hydrogen-bond acceptors (Lipinski definition) is 1. The molecule has 0 fully saturated rings. The van der Waals surface area contributed by atoms with Crippen molar-refractivity contribution < 1.29 is 4.79 Å². The van der Waals surface area contributed by atoms with Gasteiger partial charge in [0.2, 0.25) is 0 Å². The largest absolute Gasteiger partial charge is 0.345 e. The SMILES string of the molecule is C=CCN(Cc1cccn1Cc1ccccc1C)C(=O)c1ccccc1Cl. The lowest BCUT2D eigenvalue weighted by atomic mass is 10.1. The quantitative estimate of drug-likeness (QED) is 0.510. The summed E-state index contributed by atoms with van der Waals surface area (Å²) in [4.78, 5) is 14.8. The van der Waals surface area contributed by atoms with Gasteiger partial charge in [-0.1, -0.05) is 54.1 Å². The highest BCUT2D eigenvalue weighted by atomic mass is 35.5. The fourth-order valence-corrected chi connectivity index (χ4v) is 3.31. The van der Waals surface area contributed by atoms with Crippen LogP contribution in [0.3, 0.4) is 0 Å². The Kier molecular flexibility index (Phi) is 6.15. The van der Waals surface area contributed by atoms with E-state index in [4.69, 9.17) is 11.6 Å². The molecular formula is C23H23ClN2O. The molecule has 0 atom stereocenters. The lowest BCUT2D eigenvalue weighted by Crippen LogP contribution is -2.31. The summed E-state index contributed by atoms with van der Waals surface area (Å²) < 4.78 is 2.18. The van der Waals surface area contributed by atoms with Gasteiger partial charge in [0.25, 0.3) is 5.91 Å². The average Bonchev–Trinajstić information content (AvgIpc) is 3.10. The van der Waals surface area contributed by atoms with Crippen LogP contribution in [-0.4, -0.2) is 21.9 Å². The number of amides is 1. The van der Waals surface area contributed by atoms with E-state index in [9.17, 15) is 4.79 Å². The maximum absolute atomic E-state index is 13.0. The smallest absolute Gasteiger partial charge is 0.256 e. The predicted octanol–water partition coefficient (Wildman–Crippen LogP) is 5.33. The van der Waals surface area contributed by atoms with E-state index < -0.39 is 0 Å². The number of hydrogen-bond donors (Lipinski definition) is 0. The number of rotatable bonds is 7. The van der Waals surface area contributed by atoms with E-state index in [-0.39, 0.29) is 5.91 Å². The number of halogens is 1. The van der Waals surface area contributed by atoms with Crippen LogP contribution >= 0.6 is 11.6 Å². The molecule has 0 aliphatic carbocycles. The summed E-state index contributed by atoms with van der Waals surface area (Å²) in [6.45, 7) is 7.64. The van der Waals surface area contributed by atoms with Crippen LogP contribution in [0.15, 0.2) is 79.5 Å². The average molecular weight is 379 g/mol. The minimum Gasteiger partial charge on any atom is -0.345 e. The van der Waals surface area contributed by atoms with Crippen molar-refractivity contribution in [2.24, 2.45) is 0 Å². The molecule has 0 unspecified atom stereocenters. The molecule has 1 amide bonds. The minimum atomic E-state index is -0.0934. The zero-order valence-electron chi connectivity index (χ0n) is 15.4. The Balaban J connectivity index is 1.83. The lowest BCUT2D eigenvalue weighted by molar-refractivity contribution is 0.0759. The highest BCUT2D eigenvalue weighted by molar-refractivity contribution is 6.33. The Morgan fingerprint density at radius 2 is 1.85 bits per heavy atom. The Bertz CT molecular complexity index is 945. The van der Waals surface area contributed by atoms with Crippen molar-refractivity contribution in [2.75, 3.05) is 6.54 Å². The molecule has 0 N–H and O–H groups in total. The number of aryl methyl sites for hydroxylation is 1. The van der Waals surface area contributed by atoms with Crippen molar-refractivity contribution in [1.29, 1.82) is 0 Å². The van der Waals surface area contributed by atoms with Crippen LogP contribution < -0.4 is 0 Å². The number of aromatic nitrogens is 1. The molecule has 0 radical (unpaired) electrons. The molecule has 27 heavy (non-hydrogen) atoms. The first kappa shape index (κ1) is 19.0. The molecule has 3 nitrogen and oxygen atoms in total. The molecule has 0 aliphatic rings. The highest BCUT2D eigenvalue weighted by Gasteiger charge is 2.18. The number of benzene rings is 2. The predicted molar refractivity (Wildman–Crippen MR) is 111 cm³/mol. The normalized spacial score (nSPS) is 10.6. The topological polar surface area (TPSA) is 25.2 Å². The second kappa shape index (κ2) is 8.74. The number of carbonyl (C=O) groups excluding carboxylic acids is 1. The van der Waals surface area contributed by atoms with Gasteiger partial charge in [0.05, 0.1) is 17.1 Å². The molecule has 1 aromatic heterocycles. The summed E-state index contributed by atoms with van der Waals surface area (Å²) in [7, 11) is 0. The van der Waals surface area contributed by atoms with Gasteiger partial charge in [-0.05, 0) is 42.3 Å². The van der Waals surface area contributed by atoms with Crippen molar-refractivity contribution in [1.82, 2.24) is 9.47 Å². The number of carbonyl (C=O) groups is 1. The van der Waals surface area contributed by atoms with E-state index in [1.54, 1.807) is 23.1 Å². The van der Waals surface area contributed by atoms with Gasteiger partial charge in [0, 0.05) is 25.0 Å². The maximum Gasteiger partial charge on any atom is 0.256 e. The molecule has 1 heterocycles. The Labute approximate surface area is 165 Å². The van der Waals surface area contributed by atoms with Gasteiger partial charge in [-0.3, -0.25) is 4.79 Å². The fourth-order valence-electron chi connectivity index (χ4n) is 3.09. The van der Waals surface area contributed by atoms with Gasteiger partial charge < -0.3 is 9.47 Å². The van der Waals surface area contributed by atoms with Gasteiger partial charge in [0.15, 0.2) is 0 Å². The third-order valence-electron chi connectivity index (χ3n) is 4.62. The Morgan fingerprint density at radius 3 is 2.59 bits per heavy atom. The van der Waals surface area contributed by atoms with E-state index in [1.165, 1.54) is 11.1 Å². The second-order valence-corrected chi connectivity index (χ2v) is 6.92. The van der Waals surface area contributed by atoms with E-state index in [1.807, 2.05) is 36.5 Å². The van der Waals surface area contributed by atoms with Crippen LogP contribution in [0.1, 0.15) is 27.2 Å². The zero-order valence-corrected chi connectivity index (χ0v) is 16.2. The Morgan fingerprint density at radius 1 is 1.11 bits per heavy atom. The van der Waals surface area contributed by atoms with Crippen molar-refractivity contribution in [3.8, 4) is 0 Å². The molecule has 0 saturated carbocycles. The van der Waals surface area contributed by atoms with E-state index >= 15 is 0 Å². The fraction of sp³-hybridized carbons (Fsp3) is 0.174. The molecule has 3 rings (SSSR count). The molecule has 0 bridgehead atoms. The Hall–Kier alpha value is -2.78. The lowest BCUT2D eigenvalue weighted by Gasteiger charge is -2.23. The second-order valence-electron chi connectivity index (χ2n) is 6.51. The molecule has 0 saturated heterocycles. The van der Waals surface area contributed by atoms with Crippen LogP contribution in [0, 0.1) is 6.92 Å². The van der Waals surface area contributed by atoms with Gasteiger partial charge in [-0.2, -0.15) is 0 Å². The summed E-state index contributed by atoms with van der Waals surface area (Å²) >= 11 is 6.22. The highest BCUT2D eigenvalue weighted by Crippen LogP contribution is 2.19. The van der Waals surface area contributed by atoms with Crippen molar-refractivity contribution >= 4 is 17.5 Å².